The van der Waals surface area contributed by atoms with Gasteiger partial charge in [0.05, 0.1) is 0 Å². The second-order valence-corrected chi connectivity index (χ2v) is 4.57. The van der Waals surface area contributed by atoms with Crippen molar-refractivity contribution in [3.8, 4) is 11.3 Å². The summed E-state index contributed by atoms with van der Waals surface area (Å²) in [6.07, 6.45) is 3.51. The van der Waals surface area contributed by atoms with Gasteiger partial charge in [-0.1, -0.05) is 35.5 Å². The number of aryl methyl sites for hydroxylation is 1. The summed E-state index contributed by atoms with van der Waals surface area (Å²) in [6.45, 7) is 0.355. The molecule has 0 aliphatic rings. The third-order valence-electron chi connectivity index (χ3n) is 3.20. The molecule has 0 fully saturated rings. The van der Waals surface area contributed by atoms with E-state index >= 15 is 0 Å². The fourth-order valence-electron chi connectivity index (χ4n) is 2.13. The monoisotopic (exact) mass is 283 g/mol. The lowest BCUT2D eigenvalue weighted by molar-refractivity contribution is 0.0691. The number of benzene rings is 1. The van der Waals surface area contributed by atoms with E-state index in [1.165, 1.54) is 0 Å². The van der Waals surface area contributed by atoms with Crippen molar-refractivity contribution in [3.05, 3.63) is 54.2 Å². The van der Waals surface area contributed by atoms with Gasteiger partial charge in [0.1, 0.15) is 18.1 Å². The Bertz CT molecular complexity index is 776. The van der Waals surface area contributed by atoms with Crippen LogP contribution in [0.3, 0.4) is 0 Å². The normalized spacial score (nSPS) is 10.7. The number of hydrogen-bond donors (Lipinski definition) is 1. The summed E-state index contributed by atoms with van der Waals surface area (Å²) in [5.74, 6) is -0.325. The van der Waals surface area contributed by atoms with Crippen molar-refractivity contribution in [1.29, 1.82) is 0 Å². The standard InChI is InChI=1S/C14H13N5O2/c1-18-8-7-15-11(18)9-19-13(10-5-3-2-4-6-10)12(14(20)21)16-17-19/h2-8H,9H2,1H3,(H,20,21). The number of nitrogens with zero attached hydrogens (tertiary/aromatic N) is 5. The number of hydrogen-bond acceptors (Lipinski definition) is 4. The zero-order chi connectivity index (χ0) is 14.8. The zero-order valence-electron chi connectivity index (χ0n) is 11.3. The maximum atomic E-state index is 11.3. The van der Waals surface area contributed by atoms with Crippen molar-refractivity contribution in [2.24, 2.45) is 7.05 Å². The predicted octanol–water partition coefficient (Wildman–Crippen LogP) is 1.43. The van der Waals surface area contributed by atoms with Crippen LogP contribution >= 0.6 is 0 Å². The second-order valence-electron chi connectivity index (χ2n) is 4.57. The molecular formula is C14H13N5O2. The van der Waals surface area contributed by atoms with E-state index in [-0.39, 0.29) is 5.69 Å². The van der Waals surface area contributed by atoms with E-state index in [2.05, 4.69) is 15.3 Å². The lowest BCUT2D eigenvalue weighted by Gasteiger charge is -2.07. The van der Waals surface area contributed by atoms with E-state index in [1.807, 2.05) is 48.1 Å². The first-order valence-corrected chi connectivity index (χ1v) is 6.35. The molecule has 0 spiro atoms. The van der Waals surface area contributed by atoms with Gasteiger partial charge in [0, 0.05) is 25.0 Å². The first-order chi connectivity index (χ1) is 10.2. The first-order valence-electron chi connectivity index (χ1n) is 6.35. The molecule has 3 rings (SSSR count). The highest BCUT2D eigenvalue weighted by atomic mass is 16.4. The first kappa shape index (κ1) is 13.0. The van der Waals surface area contributed by atoms with Crippen molar-refractivity contribution in [2.75, 3.05) is 0 Å². The van der Waals surface area contributed by atoms with Crippen LogP contribution in [-0.2, 0) is 13.6 Å². The molecule has 0 aliphatic carbocycles. The molecule has 7 heteroatoms. The Balaban J connectivity index is 2.09. The van der Waals surface area contributed by atoms with Gasteiger partial charge in [-0.3, -0.25) is 0 Å². The number of carbonyl (C=O) groups is 1. The Morgan fingerprint density at radius 1 is 1.29 bits per heavy atom. The van der Waals surface area contributed by atoms with Gasteiger partial charge in [-0.25, -0.2) is 14.5 Å². The number of aromatic carboxylic acids is 1. The maximum absolute atomic E-state index is 11.3. The van der Waals surface area contributed by atoms with Gasteiger partial charge in [-0.05, 0) is 0 Å². The van der Waals surface area contributed by atoms with Crippen LogP contribution in [0.4, 0.5) is 0 Å². The van der Waals surface area contributed by atoms with Gasteiger partial charge in [0.15, 0.2) is 5.69 Å². The Morgan fingerprint density at radius 2 is 2.05 bits per heavy atom. The zero-order valence-corrected chi connectivity index (χ0v) is 11.3. The lowest BCUT2D eigenvalue weighted by Crippen LogP contribution is -2.09. The van der Waals surface area contributed by atoms with Crippen molar-refractivity contribution >= 4 is 5.97 Å². The third kappa shape index (κ3) is 2.40. The van der Waals surface area contributed by atoms with Crippen LogP contribution in [0.5, 0.6) is 0 Å². The molecule has 0 aliphatic heterocycles. The van der Waals surface area contributed by atoms with Gasteiger partial charge in [-0.2, -0.15) is 0 Å². The summed E-state index contributed by atoms with van der Waals surface area (Å²) in [6, 6.07) is 9.23. The highest BCUT2D eigenvalue weighted by molar-refractivity contribution is 5.92. The lowest BCUT2D eigenvalue weighted by atomic mass is 10.1. The number of carboxylic acids is 1. The van der Waals surface area contributed by atoms with E-state index in [0.717, 1.165) is 11.4 Å². The minimum Gasteiger partial charge on any atom is -0.476 e. The largest absolute Gasteiger partial charge is 0.476 e. The van der Waals surface area contributed by atoms with Crippen molar-refractivity contribution < 1.29 is 9.90 Å². The average Bonchev–Trinajstić information content (AvgIpc) is 3.07. The second kappa shape index (κ2) is 5.20. The van der Waals surface area contributed by atoms with Gasteiger partial charge in [0.2, 0.25) is 0 Å². The molecular weight excluding hydrogens is 270 g/mol. The molecule has 3 aromatic rings. The van der Waals surface area contributed by atoms with Gasteiger partial charge < -0.3 is 9.67 Å². The van der Waals surface area contributed by atoms with Crippen LogP contribution in [0.2, 0.25) is 0 Å². The van der Waals surface area contributed by atoms with Crippen LogP contribution in [0.1, 0.15) is 16.3 Å². The van der Waals surface area contributed by atoms with Crippen LogP contribution in [-0.4, -0.2) is 35.6 Å². The van der Waals surface area contributed by atoms with Crippen LogP contribution in [0.15, 0.2) is 42.7 Å². The molecule has 0 saturated carbocycles. The Morgan fingerprint density at radius 3 is 2.67 bits per heavy atom. The minimum atomic E-state index is -1.10. The number of imidazole rings is 1. The van der Waals surface area contributed by atoms with Crippen LogP contribution in [0, 0.1) is 0 Å². The average molecular weight is 283 g/mol. The summed E-state index contributed by atoms with van der Waals surface area (Å²) in [5, 5.41) is 17.0. The number of rotatable bonds is 4. The van der Waals surface area contributed by atoms with Gasteiger partial charge >= 0.3 is 5.97 Å². The molecule has 21 heavy (non-hydrogen) atoms. The quantitative estimate of drug-likeness (QED) is 0.782. The topological polar surface area (TPSA) is 85.8 Å². The molecule has 0 unspecified atom stereocenters. The Labute approximate surface area is 120 Å². The Kier molecular flexibility index (Phi) is 3.23. The molecule has 0 saturated heterocycles. The molecule has 1 aromatic carbocycles. The summed E-state index contributed by atoms with van der Waals surface area (Å²) in [4.78, 5) is 15.6. The molecule has 0 radical (unpaired) electrons. The van der Waals surface area contributed by atoms with E-state index in [0.29, 0.717) is 12.2 Å². The van der Waals surface area contributed by atoms with Crippen LogP contribution in [0.25, 0.3) is 11.3 Å². The van der Waals surface area contributed by atoms with Gasteiger partial charge in [0.25, 0.3) is 0 Å². The van der Waals surface area contributed by atoms with Crippen molar-refractivity contribution in [2.45, 2.75) is 6.54 Å². The predicted molar refractivity (Wildman–Crippen MR) is 74.7 cm³/mol. The fraction of sp³-hybridized carbons (Fsp3) is 0.143. The molecule has 0 bridgehead atoms. The highest BCUT2D eigenvalue weighted by Crippen LogP contribution is 2.22. The number of carboxylic acid groups (broad SMARTS) is 1. The summed E-state index contributed by atoms with van der Waals surface area (Å²) >= 11 is 0. The molecule has 1 N–H and O–H groups in total. The molecule has 0 atom stereocenters. The van der Waals surface area contributed by atoms with Crippen LogP contribution < -0.4 is 0 Å². The van der Waals surface area contributed by atoms with Crippen molar-refractivity contribution in [1.82, 2.24) is 24.5 Å². The minimum absolute atomic E-state index is 0.0598. The summed E-state index contributed by atoms with van der Waals surface area (Å²) < 4.78 is 3.41. The molecule has 7 nitrogen and oxygen atoms in total. The summed E-state index contributed by atoms with van der Waals surface area (Å²) in [7, 11) is 1.87. The SMILES string of the molecule is Cn1ccnc1Cn1nnc(C(=O)O)c1-c1ccccc1. The van der Waals surface area contributed by atoms with Crippen molar-refractivity contribution in [3.63, 3.8) is 0 Å². The molecule has 0 amide bonds. The smallest absolute Gasteiger partial charge is 0.358 e. The molecule has 2 heterocycles. The number of aromatic nitrogens is 5. The summed E-state index contributed by atoms with van der Waals surface area (Å²) in [5.41, 5.74) is 1.18. The maximum Gasteiger partial charge on any atom is 0.358 e. The third-order valence-corrected chi connectivity index (χ3v) is 3.20. The van der Waals surface area contributed by atoms with E-state index in [9.17, 15) is 9.90 Å². The van der Waals surface area contributed by atoms with E-state index < -0.39 is 5.97 Å². The highest BCUT2D eigenvalue weighted by Gasteiger charge is 2.21. The van der Waals surface area contributed by atoms with E-state index in [1.54, 1.807) is 10.9 Å². The van der Waals surface area contributed by atoms with Gasteiger partial charge in [-0.15, -0.1) is 5.10 Å². The van der Waals surface area contributed by atoms with E-state index in [4.69, 9.17) is 0 Å². The molecule has 106 valence electrons. The molecule has 2 aromatic heterocycles. The Hall–Kier alpha value is -2.96. The fourth-order valence-corrected chi connectivity index (χ4v) is 2.13.